The zero-order valence-electron chi connectivity index (χ0n) is 20.7. The van der Waals surface area contributed by atoms with Gasteiger partial charge in [-0.1, -0.05) is 43.7 Å². The highest BCUT2D eigenvalue weighted by Gasteiger charge is 2.23. The fraction of sp³-hybridized carbons (Fsp3) is 0.556. The summed E-state index contributed by atoms with van der Waals surface area (Å²) in [5.74, 6) is 1.57. The smallest absolute Gasteiger partial charge is 0.242 e. The van der Waals surface area contributed by atoms with Gasteiger partial charge in [-0.15, -0.1) is 0 Å². The quantitative estimate of drug-likeness (QED) is 0.446. The molecule has 0 spiro atoms. The van der Waals surface area contributed by atoms with Gasteiger partial charge in [-0.3, -0.25) is 14.5 Å². The first-order valence-corrected chi connectivity index (χ1v) is 12.5. The van der Waals surface area contributed by atoms with E-state index in [0.717, 1.165) is 69.2 Å². The molecule has 3 rings (SSSR count). The van der Waals surface area contributed by atoms with Crippen LogP contribution < -0.4 is 0 Å². The van der Waals surface area contributed by atoms with E-state index in [1.807, 2.05) is 49.4 Å². The second-order valence-corrected chi connectivity index (χ2v) is 8.97. The first kappa shape index (κ1) is 26.0. The van der Waals surface area contributed by atoms with Gasteiger partial charge in [-0.25, -0.2) is 0 Å². The molecule has 0 atom stereocenters. The average molecular weight is 470 g/mol. The molecule has 7 nitrogen and oxygen atoms in total. The van der Waals surface area contributed by atoms with Crippen molar-refractivity contribution >= 4 is 11.8 Å². The van der Waals surface area contributed by atoms with Gasteiger partial charge in [0, 0.05) is 39.1 Å². The first-order chi connectivity index (χ1) is 16.5. The number of hydrogen-bond donors (Lipinski definition) is 0. The standard InChI is InChI=1S/C27H39N3O4/c1-3-4-11-26(31)29(15-8-14-28-16-18-33-19-17-28)22-27(32)30(20-24-9-6-5-7-10-24)21-25-13-12-23(2)34-25/h5-7,9-10,12-13H,3-4,8,11,14-22H2,1-2H3. The number of aryl methyl sites for hydroxylation is 1. The van der Waals surface area contributed by atoms with Crippen LogP contribution in [0, 0.1) is 6.92 Å². The molecule has 34 heavy (non-hydrogen) atoms. The molecule has 0 N–H and O–H groups in total. The second-order valence-electron chi connectivity index (χ2n) is 8.97. The van der Waals surface area contributed by atoms with Crippen molar-refractivity contribution < 1.29 is 18.7 Å². The average Bonchev–Trinajstić information content (AvgIpc) is 3.27. The minimum Gasteiger partial charge on any atom is -0.464 e. The van der Waals surface area contributed by atoms with Crippen LogP contribution in [0.15, 0.2) is 46.9 Å². The number of amides is 2. The third-order valence-electron chi connectivity index (χ3n) is 6.14. The van der Waals surface area contributed by atoms with Gasteiger partial charge in [0.15, 0.2) is 0 Å². The predicted octanol–water partition coefficient (Wildman–Crippen LogP) is 3.86. The molecule has 2 amide bonds. The van der Waals surface area contributed by atoms with E-state index < -0.39 is 0 Å². The van der Waals surface area contributed by atoms with Gasteiger partial charge in [0.05, 0.1) is 26.3 Å². The number of rotatable bonds is 13. The van der Waals surface area contributed by atoms with Crippen LogP contribution >= 0.6 is 0 Å². The topological polar surface area (TPSA) is 66.2 Å². The Bertz CT molecular complexity index is 877. The summed E-state index contributed by atoms with van der Waals surface area (Å²) in [6.45, 7) is 9.81. The molecule has 1 fully saturated rings. The molecule has 1 aliphatic heterocycles. The number of ether oxygens (including phenoxy) is 1. The van der Waals surface area contributed by atoms with Crippen LogP contribution in [0.3, 0.4) is 0 Å². The number of unbranched alkanes of at least 4 members (excludes halogenated alkanes) is 1. The molecule has 7 heteroatoms. The predicted molar refractivity (Wildman–Crippen MR) is 132 cm³/mol. The van der Waals surface area contributed by atoms with Gasteiger partial charge in [0.25, 0.3) is 0 Å². The number of hydrogen-bond acceptors (Lipinski definition) is 5. The van der Waals surface area contributed by atoms with Crippen molar-refractivity contribution in [1.29, 1.82) is 0 Å². The van der Waals surface area contributed by atoms with Crippen molar-refractivity contribution in [3.8, 4) is 0 Å². The van der Waals surface area contributed by atoms with E-state index in [9.17, 15) is 9.59 Å². The van der Waals surface area contributed by atoms with E-state index in [2.05, 4.69) is 11.8 Å². The Kier molecular flexibility index (Phi) is 10.6. The van der Waals surface area contributed by atoms with Crippen LogP contribution in [0.4, 0.5) is 0 Å². The summed E-state index contributed by atoms with van der Waals surface area (Å²) in [4.78, 5) is 32.3. The lowest BCUT2D eigenvalue weighted by Crippen LogP contribution is -2.44. The lowest BCUT2D eigenvalue weighted by Gasteiger charge is -2.30. The molecule has 1 saturated heterocycles. The van der Waals surface area contributed by atoms with Crippen LogP contribution in [-0.4, -0.2) is 72.5 Å². The van der Waals surface area contributed by atoms with E-state index >= 15 is 0 Å². The summed E-state index contributed by atoms with van der Waals surface area (Å²) in [6, 6.07) is 13.8. The monoisotopic (exact) mass is 469 g/mol. The molecule has 2 heterocycles. The fourth-order valence-corrected chi connectivity index (χ4v) is 4.15. The molecule has 186 valence electrons. The van der Waals surface area contributed by atoms with Crippen LogP contribution in [0.2, 0.25) is 0 Å². The molecule has 0 bridgehead atoms. The summed E-state index contributed by atoms with van der Waals surface area (Å²) in [5, 5.41) is 0. The molecule has 1 aromatic heterocycles. The summed E-state index contributed by atoms with van der Waals surface area (Å²) in [7, 11) is 0. The van der Waals surface area contributed by atoms with E-state index in [4.69, 9.17) is 9.15 Å². The number of benzene rings is 1. The van der Waals surface area contributed by atoms with Gasteiger partial charge < -0.3 is 19.0 Å². The maximum atomic E-state index is 13.5. The van der Waals surface area contributed by atoms with Crippen LogP contribution in [0.25, 0.3) is 0 Å². The molecule has 0 aliphatic carbocycles. The van der Waals surface area contributed by atoms with E-state index in [-0.39, 0.29) is 18.4 Å². The number of carbonyl (C=O) groups excluding carboxylic acids is 2. The Labute approximate surface area is 203 Å². The maximum absolute atomic E-state index is 13.5. The van der Waals surface area contributed by atoms with E-state index in [1.54, 1.807) is 9.80 Å². The normalized spacial score (nSPS) is 14.2. The lowest BCUT2D eigenvalue weighted by atomic mass is 10.2. The number of nitrogens with zero attached hydrogens (tertiary/aromatic N) is 3. The highest BCUT2D eigenvalue weighted by molar-refractivity contribution is 5.84. The van der Waals surface area contributed by atoms with Gasteiger partial charge in [0.2, 0.25) is 11.8 Å². The Morgan fingerprint density at radius 1 is 0.941 bits per heavy atom. The van der Waals surface area contributed by atoms with Crippen LogP contribution in [0.5, 0.6) is 0 Å². The molecule has 0 saturated carbocycles. The Balaban J connectivity index is 1.66. The fourth-order valence-electron chi connectivity index (χ4n) is 4.15. The first-order valence-electron chi connectivity index (χ1n) is 12.5. The highest BCUT2D eigenvalue weighted by Crippen LogP contribution is 2.14. The van der Waals surface area contributed by atoms with Gasteiger partial charge >= 0.3 is 0 Å². The Hall–Kier alpha value is -2.64. The molecule has 2 aromatic rings. The SMILES string of the molecule is CCCCC(=O)N(CCCN1CCOCC1)CC(=O)N(Cc1ccccc1)Cc1ccc(C)o1. The molecule has 1 aliphatic rings. The van der Waals surface area contributed by atoms with Crippen LogP contribution in [-0.2, 0) is 27.4 Å². The number of furan rings is 1. The number of morpholine rings is 1. The molecular formula is C27H39N3O4. The van der Waals surface area contributed by atoms with Crippen molar-refractivity contribution in [2.45, 2.75) is 52.6 Å². The van der Waals surface area contributed by atoms with Crippen molar-refractivity contribution in [3.63, 3.8) is 0 Å². The molecule has 1 aromatic carbocycles. The van der Waals surface area contributed by atoms with Gasteiger partial charge in [-0.2, -0.15) is 0 Å². The Morgan fingerprint density at radius 2 is 1.71 bits per heavy atom. The molecule has 0 unspecified atom stereocenters. The summed E-state index contributed by atoms with van der Waals surface area (Å²) in [6.07, 6.45) is 3.13. The third-order valence-corrected chi connectivity index (χ3v) is 6.14. The molecular weight excluding hydrogens is 430 g/mol. The minimum absolute atomic E-state index is 0.0608. The van der Waals surface area contributed by atoms with E-state index in [0.29, 0.717) is 26.1 Å². The lowest BCUT2D eigenvalue weighted by molar-refractivity contribution is -0.141. The molecule has 0 radical (unpaired) electrons. The zero-order chi connectivity index (χ0) is 24.2. The van der Waals surface area contributed by atoms with Gasteiger partial charge in [0.1, 0.15) is 11.5 Å². The highest BCUT2D eigenvalue weighted by atomic mass is 16.5. The third kappa shape index (κ3) is 8.61. The van der Waals surface area contributed by atoms with Crippen LogP contribution in [0.1, 0.15) is 49.7 Å². The van der Waals surface area contributed by atoms with E-state index in [1.165, 1.54) is 0 Å². The van der Waals surface area contributed by atoms with Crippen molar-refractivity contribution in [2.24, 2.45) is 0 Å². The number of carbonyl (C=O) groups is 2. The van der Waals surface area contributed by atoms with Gasteiger partial charge in [-0.05, 0) is 37.5 Å². The van der Waals surface area contributed by atoms with Crippen molar-refractivity contribution in [2.75, 3.05) is 45.9 Å². The second kappa shape index (κ2) is 13.9. The van der Waals surface area contributed by atoms with Crippen molar-refractivity contribution in [1.82, 2.24) is 14.7 Å². The van der Waals surface area contributed by atoms with Crippen molar-refractivity contribution in [3.05, 3.63) is 59.5 Å². The zero-order valence-corrected chi connectivity index (χ0v) is 20.7. The maximum Gasteiger partial charge on any atom is 0.242 e. The largest absolute Gasteiger partial charge is 0.464 e. The minimum atomic E-state index is -0.0610. The summed E-state index contributed by atoms with van der Waals surface area (Å²) < 4.78 is 11.2. The Morgan fingerprint density at radius 3 is 2.38 bits per heavy atom. The summed E-state index contributed by atoms with van der Waals surface area (Å²) in [5.41, 5.74) is 1.05. The summed E-state index contributed by atoms with van der Waals surface area (Å²) >= 11 is 0.